The molecule has 1 unspecified atom stereocenters. The summed E-state index contributed by atoms with van der Waals surface area (Å²) in [5.41, 5.74) is 7.87. The van der Waals surface area contributed by atoms with Gasteiger partial charge in [0, 0.05) is 16.6 Å². The number of nitrogen functional groups attached to an aromatic ring is 1. The first-order chi connectivity index (χ1) is 9.61. The molecule has 1 amide bonds. The fourth-order valence-electron chi connectivity index (χ4n) is 2.81. The number of aliphatic hydroxyl groups is 1. The Morgan fingerprint density at radius 3 is 3.10 bits per heavy atom. The highest BCUT2D eigenvalue weighted by Gasteiger charge is 2.31. The Bertz CT molecular complexity index is 665. The molecule has 0 aliphatic carbocycles. The van der Waals surface area contributed by atoms with E-state index in [9.17, 15) is 9.90 Å². The fourth-order valence-corrected chi connectivity index (χ4v) is 3.98. The number of hydrogen-bond donors (Lipinski definition) is 2. The molecular weight excluding hydrogens is 272 g/mol. The normalized spacial score (nSPS) is 18.9. The van der Waals surface area contributed by atoms with Gasteiger partial charge in [0.05, 0.1) is 18.3 Å². The van der Waals surface area contributed by atoms with Crippen LogP contribution in [0.5, 0.6) is 0 Å². The number of rotatable bonds is 2. The van der Waals surface area contributed by atoms with E-state index in [1.54, 1.807) is 4.90 Å². The fraction of sp³-hybridized carbons (Fsp3) is 0.400. The number of benzene rings is 1. The summed E-state index contributed by atoms with van der Waals surface area (Å²) in [6.45, 7) is 2.76. The predicted octanol–water partition coefficient (Wildman–Crippen LogP) is 2.39. The predicted molar refractivity (Wildman–Crippen MR) is 82.1 cm³/mol. The maximum absolute atomic E-state index is 12.6. The number of nitrogens with two attached hydrogens (primary N) is 1. The Balaban J connectivity index is 2.01. The van der Waals surface area contributed by atoms with Crippen LogP contribution in [0.15, 0.2) is 18.2 Å². The molecule has 2 heterocycles. The standard InChI is InChI=1S/C15H18N2O2S/c1-9-4-5-11-12(7-9)20-14(13(11)16)15(19)17-6-2-3-10(17)8-18/h4-5,7,10,18H,2-3,6,8,16H2,1H3. The van der Waals surface area contributed by atoms with E-state index in [0.717, 1.165) is 28.5 Å². The highest BCUT2D eigenvalue weighted by Crippen LogP contribution is 2.36. The molecule has 0 saturated carbocycles. The summed E-state index contributed by atoms with van der Waals surface area (Å²) < 4.78 is 1.05. The van der Waals surface area contributed by atoms with Crippen LogP contribution >= 0.6 is 11.3 Å². The van der Waals surface area contributed by atoms with E-state index in [1.165, 1.54) is 11.3 Å². The van der Waals surface area contributed by atoms with Crippen molar-refractivity contribution >= 4 is 33.0 Å². The van der Waals surface area contributed by atoms with Crippen molar-refractivity contribution in [2.24, 2.45) is 0 Å². The number of aliphatic hydroxyl groups excluding tert-OH is 1. The quantitative estimate of drug-likeness (QED) is 0.892. The maximum atomic E-state index is 12.6. The Kier molecular flexibility index (Phi) is 3.40. The number of thiophene rings is 1. The lowest BCUT2D eigenvalue weighted by Gasteiger charge is -2.22. The van der Waals surface area contributed by atoms with Gasteiger partial charge in [0.25, 0.3) is 5.91 Å². The lowest BCUT2D eigenvalue weighted by atomic mass is 10.1. The molecule has 1 fully saturated rings. The van der Waals surface area contributed by atoms with Gasteiger partial charge in [0.2, 0.25) is 0 Å². The molecule has 0 bridgehead atoms. The van der Waals surface area contributed by atoms with Gasteiger partial charge in [0.15, 0.2) is 0 Å². The van der Waals surface area contributed by atoms with E-state index < -0.39 is 0 Å². The zero-order chi connectivity index (χ0) is 14.3. The molecule has 106 valence electrons. The van der Waals surface area contributed by atoms with Crippen LogP contribution in [0.2, 0.25) is 0 Å². The number of hydrogen-bond acceptors (Lipinski definition) is 4. The van der Waals surface area contributed by atoms with E-state index in [4.69, 9.17) is 5.73 Å². The average molecular weight is 290 g/mol. The second-order valence-corrected chi connectivity index (χ2v) is 6.37. The molecule has 1 aliphatic rings. The first kappa shape index (κ1) is 13.4. The van der Waals surface area contributed by atoms with Gasteiger partial charge in [-0.15, -0.1) is 11.3 Å². The summed E-state index contributed by atoms with van der Waals surface area (Å²) in [5.74, 6) is -0.0436. The number of carbonyl (C=O) groups is 1. The second-order valence-electron chi connectivity index (χ2n) is 5.32. The molecule has 0 radical (unpaired) electrons. The lowest BCUT2D eigenvalue weighted by molar-refractivity contribution is 0.0683. The van der Waals surface area contributed by atoms with Gasteiger partial charge >= 0.3 is 0 Å². The van der Waals surface area contributed by atoms with Crippen LogP contribution in [0.4, 0.5) is 5.69 Å². The van der Waals surface area contributed by atoms with Crippen molar-refractivity contribution in [2.75, 3.05) is 18.9 Å². The number of anilines is 1. The van der Waals surface area contributed by atoms with E-state index in [1.807, 2.05) is 19.1 Å². The van der Waals surface area contributed by atoms with Crippen LogP contribution in [0, 0.1) is 6.92 Å². The smallest absolute Gasteiger partial charge is 0.266 e. The van der Waals surface area contributed by atoms with Gasteiger partial charge in [-0.25, -0.2) is 0 Å². The minimum atomic E-state index is -0.0613. The van der Waals surface area contributed by atoms with Crippen molar-refractivity contribution in [3.63, 3.8) is 0 Å². The highest BCUT2D eigenvalue weighted by molar-refractivity contribution is 7.21. The first-order valence-corrected chi connectivity index (χ1v) is 7.64. The van der Waals surface area contributed by atoms with Crippen LogP contribution < -0.4 is 5.73 Å². The van der Waals surface area contributed by atoms with Gasteiger partial charge in [0.1, 0.15) is 4.88 Å². The van der Waals surface area contributed by atoms with Crippen molar-refractivity contribution in [3.05, 3.63) is 28.6 Å². The van der Waals surface area contributed by atoms with Crippen molar-refractivity contribution in [2.45, 2.75) is 25.8 Å². The van der Waals surface area contributed by atoms with E-state index in [-0.39, 0.29) is 18.6 Å². The largest absolute Gasteiger partial charge is 0.397 e. The number of carbonyl (C=O) groups excluding carboxylic acids is 1. The van der Waals surface area contributed by atoms with E-state index >= 15 is 0 Å². The second kappa shape index (κ2) is 5.07. The van der Waals surface area contributed by atoms with Crippen molar-refractivity contribution in [1.29, 1.82) is 0 Å². The Labute approximate surface area is 121 Å². The van der Waals surface area contributed by atoms with Gasteiger partial charge in [-0.05, 0) is 31.4 Å². The van der Waals surface area contributed by atoms with Gasteiger partial charge in [-0.3, -0.25) is 4.79 Å². The lowest BCUT2D eigenvalue weighted by Crippen LogP contribution is -2.37. The molecule has 1 saturated heterocycles. The minimum Gasteiger partial charge on any atom is -0.397 e. The van der Waals surface area contributed by atoms with E-state index in [2.05, 4.69) is 6.07 Å². The minimum absolute atomic E-state index is 0.0235. The molecule has 1 aliphatic heterocycles. The SMILES string of the molecule is Cc1ccc2c(N)c(C(=O)N3CCCC3CO)sc2c1. The number of nitrogens with zero attached hydrogens (tertiary/aromatic N) is 1. The molecule has 4 nitrogen and oxygen atoms in total. The molecule has 0 spiro atoms. The average Bonchev–Trinajstić information content (AvgIpc) is 3.02. The number of amides is 1. The number of likely N-dealkylation sites (tertiary alicyclic amines) is 1. The molecule has 1 aromatic carbocycles. The first-order valence-electron chi connectivity index (χ1n) is 6.82. The summed E-state index contributed by atoms with van der Waals surface area (Å²) in [7, 11) is 0. The zero-order valence-electron chi connectivity index (χ0n) is 11.4. The molecule has 1 aromatic heterocycles. The van der Waals surface area contributed by atoms with Gasteiger partial charge < -0.3 is 15.7 Å². The number of fused-ring (bicyclic) bond motifs is 1. The third kappa shape index (κ3) is 2.07. The monoisotopic (exact) mass is 290 g/mol. The molecular formula is C15H18N2O2S. The van der Waals surface area contributed by atoms with Crippen molar-refractivity contribution in [1.82, 2.24) is 4.90 Å². The number of aryl methyl sites for hydroxylation is 1. The molecule has 2 aromatic rings. The molecule has 3 rings (SSSR count). The van der Waals surface area contributed by atoms with Crippen LogP contribution in [0.3, 0.4) is 0 Å². The molecule has 1 atom stereocenters. The summed E-state index contributed by atoms with van der Waals surface area (Å²) in [6, 6.07) is 5.97. The summed E-state index contributed by atoms with van der Waals surface area (Å²) in [5, 5.41) is 10.3. The Morgan fingerprint density at radius 1 is 1.55 bits per heavy atom. The summed E-state index contributed by atoms with van der Waals surface area (Å²) in [6.07, 6.45) is 1.81. The third-order valence-electron chi connectivity index (χ3n) is 3.93. The van der Waals surface area contributed by atoms with Gasteiger partial charge in [-0.1, -0.05) is 12.1 Å². The topological polar surface area (TPSA) is 66.6 Å². The molecule has 20 heavy (non-hydrogen) atoms. The van der Waals surface area contributed by atoms with Crippen LogP contribution in [0.25, 0.3) is 10.1 Å². The van der Waals surface area contributed by atoms with Crippen molar-refractivity contribution in [3.8, 4) is 0 Å². The zero-order valence-corrected chi connectivity index (χ0v) is 12.2. The molecule has 3 N–H and O–H groups in total. The van der Waals surface area contributed by atoms with Crippen LogP contribution in [-0.4, -0.2) is 35.1 Å². The van der Waals surface area contributed by atoms with Gasteiger partial charge in [-0.2, -0.15) is 0 Å². The van der Waals surface area contributed by atoms with Crippen LogP contribution in [-0.2, 0) is 0 Å². The Morgan fingerprint density at radius 2 is 2.35 bits per heavy atom. The summed E-state index contributed by atoms with van der Waals surface area (Å²) >= 11 is 1.45. The summed E-state index contributed by atoms with van der Waals surface area (Å²) in [4.78, 5) is 15.0. The Hall–Kier alpha value is -1.59. The van der Waals surface area contributed by atoms with E-state index in [0.29, 0.717) is 17.1 Å². The maximum Gasteiger partial charge on any atom is 0.266 e. The highest BCUT2D eigenvalue weighted by atomic mass is 32.1. The third-order valence-corrected chi connectivity index (χ3v) is 5.08. The molecule has 5 heteroatoms. The van der Waals surface area contributed by atoms with Crippen molar-refractivity contribution < 1.29 is 9.90 Å². The van der Waals surface area contributed by atoms with Crippen LogP contribution in [0.1, 0.15) is 28.1 Å².